The fraction of sp³-hybridized carbons (Fsp3) is 0.263. The lowest BCUT2D eigenvalue weighted by atomic mass is 10.2. The van der Waals surface area contributed by atoms with Crippen molar-refractivity contribution >= 4 is 34.8 Å². The summed E-state index contributed by atoms with van der Waals surface area (Å²) in [7, 11) is 4.48. The molecule has 0 aromatic heterocycles. The summed E-state index contributed by atoms with van der Waals surface area (Å²) in [5.41, 5.74) is 0.973. The molecule has 0 radical (unpaired) electrons. The molecule has 2 aromatic carbocycles. The van der Waals surface area contributed by atoms with Gasteiger partial charge in [0.15, 0.2) is 0 Å². The lowest BCUT2D eigenvalue weighted by Crippen LogP contribution is -2.37. The summed E-state index contributed by atoms with van der Waals surface area (Å²) in [6, 6.07) is 9.97. The van der Waals surface area contributed by atoms with Gasteiger partial charge < -0.3 is 19.5 Å². The average molecular weight is 393 g/mol. The van der Waals surface area contributed by atoms with Gasteiger partial charge in [-0.15, -0.1) is 0 Å². The molecule has 1 N–H and O–H groups in total. The second-order valence-electron chi connectivity index (χ2n) is 5.54. The number of methoxy groups -OCH3 is 3. The number of carbonyl (C=O) groups excluding carboxylic acids is 2. The highest BCUT2D eigenvalue weighted by Crippen LogP contribution is 2.38. The number of nitrogens with zero attached hydrogens (tertiary/aromatic N) is 1. The third kappa shape index (κ3) is 5.04. The molecule has 0 fully saturated rings. The number of halogens is 1. The molecule has 0 aliphatic carbocycles. The van der Waals surface area contributed by atoms with Gasteiger partial charge in [0.25, 0.3) is 0 Å². The van der Waals surface area contributed by atoms with Gasteiger partial charge >= 0.3 is 0 Å². The molecule has 0 aliphatic rings. The molecule has 0 unspecified atom stereocenters. The number of nitrogens with one attached hydrogen (secondary N) is 1. The zero-order valence-corrected chi connectivity index (χ0v) is 16.3. The first kappa shape index (κ1) is 20.4. The summed E-state index contributed by atoms with van der Waals surface area (Å²) in [6.07, 6.45) is 0. The highest BCUT2D eigenvalue weighted by Gasteiger charge is 2.22. The smallest absolute Gasteiger partial charge is 0.244 e. The van der Waals surface area contributed by atoms with Gasteiger partial charge in [-0.2, -0.15) is 0 Å². The second-order valence-corrected chi connectivity index (χ2v) is 5.95. The maximum Gasteiger partial charge on any atom is 0.244 e. The Morgan fingerprint density at radius 1 is 1.00 bits per heavy atom. The highest BCUT2D eigenvalue weighted by molar-refractivity contribution is 6.32. The predicted octanol–water partition coefficient (Wildman–Crippen LogP) is 3.36. The minimum absolute atomic E-state index is 0.206. The molecule has 7 nitrogen and oxygen atoms in total. The zero-order valence-electron chi connectivity index (χ0n) is 15.5. The van der Waals surface area contributed by atoms with Crippen molar-refractivity contribution in [1.82, 2.24) is 0 Å². The molecule has 0 saturated carbocycles. The summed E-state index contributed by atoms with van der Waals surface area (Å²) in [4.78, 5) is 25.9. The standard InChI is InChI=1S/C19H21ClN2O5/c1-12(23)22(16-10-17(26-3)15(20)9-18(16)27-4)11-19(24)21-13-5-7-14(25-2)8-6-13/h5-10H,11H2,1-4H3,(H,21,24). The molecular weight excluding hydrogens is 372 g/mol. The molecule has 0 atom stereocenters. The number of hydrogen-bond acceptors (Lipinski definition) is 5. The Hall–Kier alpha value is -2.93. The van der Waals surface area contributed by atoms with E-state index in [1.54, 1.807) is 37.4 Å². The molecule has 0 aliphatic heterocycles. The van der Waals surface area contributed by atoms with Crippen molar-refractivity contribution in [2.24, 2.45) is 0 Å². The fourth-order valence-electron chi connectivity index (χ4n) is 2.44. The monoisotopic (exact) mass is 392 g/mol. The molecular formula is C19H21ClN2O5. The molecule has 0 heterocycles. The minimum atomic E-state index is -0.369. The van der Waals surface area contributed by atoms with E-state index >= 15 is 0 Å². The van der Waals surface area contributed by atoms with Crippen LogP contribution in [0.4, 0.5) is 11.4 Å². The Bertz CT molecular complexity index is 824. The lowest BCUT2D eigenvalue weighted by molar-refractivity contribution is -0.120. The van der Waals surface area contributed by atoms with Crippen molar-refractivity contribution in [3.63, 3.8) is 0 Å². The highest BCUT2D eigenvalue weighted by atomic mass is 35.5. The molecule has 144 valence electrons. The van der Waals surface area contributed by atoms with E-state index in [4.69, 9.17) is 25.8 Å². The molecule has 0 spiro atoms. The van der Waals surface area contributed by atoms with E-state index in [2.05, 4.69) is 5.32 Å². The zero-order chi connectivity index (χ0) is 20.0. The largest absolute Gasteiger partial charge is 0.497 e. The average Bonchev–Trinajstić information content (AvgIpc) is 2.66. The quantitative estimate of drug-likeness (QED) is 0.781. The van der Waals surface area contributed by atoms with Gasteiger partial charge in [-0.3, -0.25) is 14.5 Å². The summed E-state index contributed by atoms with van der Waals surface area (Å²) in [6.45, 7) is 1.16. The van der Waals surface area contributed by atoms with E-state index in [9.17, 15) is 9.59 Å². The summed E-state index contributed by atoms with van der Waals surface area (Å²) >= 11 is 6.10. The number of hydrogen-bond donors (Lipinski definition) is 1. The normalized spacial score (nSPS) is 10.1. The van der Waals surface area contributed by atoms with Gasteiger partial charge in [0.2, 0.25) is 11.8 Å². The maximum absolute atomic E-state index is 12.4. The maximum atomic E-state index is 12.4. The molecule has 0 bridgehead atoms. The van der Waals surface area contributed by atoms with Gasteiger partial charge in [-0.25, -0.2) is 0 Å². The van der Waals surface area contributed by atoms with E-state index in [1.165, 1.54) is 32.1 Å². The minimum Gasteiger partial charge on any atom is -0.497 e. The lowest BCUT2D eigenvalue weighted by Gasteiger charge is -2.23. The molecule has 2 aromatic rings. The van der Waals surface area contributed by atoms with E-state index in [0.717, 1.165) is 0 Å². The van der Waals surface area contributed by atoms with Gasteiger partial charge in [-0.05, 0) is 24.3 Å². The van der Waals surface area contributed by atoms with Crippen molar-refractivity contribution < 1.29 is 23.8 Å². The number of benzene rings is 2. The molecule has 2 rings (SSSR count). The van der Waals surface area contributed by atoms with Gasteiger partial charge in [0.1, 0.15) is 23.8 Å². The van der Waals surface area contributed by atoms with Crippen LogP contribution in [0.1, 0.15) is 6.92 Å². The number of ether oxygens (including phenoxy) is 3. The molecule has 8 heteroatoms. The number of rotatable bonds is 7. The second kappa shape index (κ2) is 9.14. The van der Waals surface area contributed by atoms with Gasteiger partial charge in [0.05, 0.1) is 32.0 Å². The van der Waals surface area contributed by atoms with E-state index in [-0.39, 0.29) is 18.4 Å². The van der Waals surface area contributed by atoms with Crippen molar-refractivity contribution in [2.45, 2.75) is 6.92 Å². The van der Waals surface area contributed by atoms with Crippen molar-refractivity contribution in [1.29, 1.82) is 0 Å². The van der Waals surface area contributed by atoms with Crippen LogP contribution < -0.4 is 24.4 Å². The van der Waals surface area contributed by atoms with Crippen LogP contribution >= 0.6 is 11.6 Å². The van der Waals surface area contributed by atoms with Crippen molar-refractivity contribution in [2.75, 3.05) is 38.1 Å². The van der Waals surface area contributed by atoms with Crippen LogP contribution in [0.5, 0.6) is 17.2 Å². The predicted molar refractivity (Wildman–Crippen MR) is 104 cm³/mol. The molecule has 27 heavy (non-hydrogen) atoms. The van der Waals surface area contributed by atoms with Crippen molar-refractivity contribution in [3.05, 3.63) is 41.4 Å². The van der Waals surface area contributed by atoms with Crippen LogP contribution in [0.2, 0.25) is 5.02 Å². The Morgan fingerprint density at radius 3 is 2.15 bits per heavy atom. The van der Waals surface area contributed by atoms with Crippen LogP contribution in [0.3, 0.4) is 0 Å². The number of carbonyl (C=O) groups is 2. The van der Waals surface area contributed by atoms with Gasteiger partial charge in [0, 0.05) is 24.7 Å². The first-order valence-corrected chi connectivity index (χ1v) is 8.41. The first-order valence-electron chi connectivity index (χ1n) is 8.03. The van der Waals surface area contributed by atoms with Gasteiger partial charge in [-0.1, -0.05) is 11.6 Å². The third-order valence-electron chi connectivity index (χ3n) is 3.80. The summed E-state index contributed by atoms with van der Waals surface area (Å²) in [5, 5.41) is 3.08. The Kier molecular flexibility index (Phi) is 6.90. The van der Waals surface area contributed by atoms with Crippen LogP contribution in [-0.2, 0) is 9.59 Å². The number of amides is 2. The third-order valence-corrected chi connectivity index (χ3v) is 4.10. The molecule has 2 amide bonds. The van der Waals surface area contributed by atoms with Crippen LogP contribution in [0.25, 0.3) is 0 Å². The van der Waals surface area contributed by atoms with Crippen LogP contribution in [-0.4, -0.2) is 39.7 Å². The first-order chi connectivity index (χ1) is 12.9. The fourth-order valence-corrected chi connectivity index (χ4v) is 2.67. The van der Waals surface area contributed by atoms with Crippen LogP contribution in [0, 0.1) is 0 Å². The summed E-state index contributed by atoms with van der Waals surface area (Å²) < 4.78 is 15.6. The Labute approximate surface area is 162 Å². The Morgan fingerprint density at radius 2 is 1.63 bits per heavy atom. The van der Waals surface area contributed by atoms with Crippen LogP contribution in [0.15, 0.2) is 36.4 Å². The van der Waals surface area contributed by atoms with E-state index < -0.39 is 0 Å². The SMILES string of the molecule is COc1ccc(NC(=O)CN(C(C)=O)c2cc(OC)c(Cl)cc2OC)cc1. The Balaban J connectivity index is 2.24. The number of anilines is 2. The van der Waals surface area contributed by atoms with Crippen molar-refractivity contribution in [3.8, 4) is 17.2 Å². The topological polar surface area (TPSA) is 77.1 Å². The van der Waals surface area contributed by atoms with E-state index in [1.807, 2.05) is 0 Å². The molecule has 0 saturated heterocycles. The van der Waals surface area contributed by atoms with E-state index in [0.29, 0.717) is 33.6 Å². The summed E-state index contributed by atoms with van der Waals surface area (Å²) in [5.74, 6) is 0.702.